The number of rotatable bonds is 4. The van der Waals surface area contributed by atoms with Gasteiger partial charge in [-0.05, 0) is 30.9 Å². The molecule has 0 amide bonds. The van der Waals surface area contributed by atoms with E-state index in [1.807, 2.05) is 23.4 Å². The van der Waals surface area contributed by atoms with E-state index in [0.717, 1.165) is 30.8 Å². The van der Waals surface area contributed by atoms with Crippen molar-refractivity contribution in [1.82, 2.24) is 14.8 Å². The zero-order valence-electron chi connectivity index (χ0n) is 13.8. The average Bonchev–Trinajstić information content (AvgIpc) is 3.00. The third-order valence-electron chi connectivity index (χ3n) is 4.59. The highest BCUT2D eigenvalue weighted by atomic mass is 35.5. The summed E-state index contributed by atoms with van der Waals surface area (Å²) in [7, 11) is 1.92. The van der Waals surface area contributed by atoms with E-state index in [9.17, 15) is 10.1 Å². The second-order valence-corrected chi connectivity index (χ2v) is 6.54. The number of nitrogens with zero attached hydrogens (tertiary/aromatic N) is 5. The minimum absolute atomic E-state index is 0.120. The van der Waals surface area contributed by atoms with E-state index in [-0.39, 0.29) is 16.5 Å². The van der Waals surface area contributed by atoms with Crippen LogP contribution in [-0.4, -0.2) is 32.8 Å². The normalized spacial score (nSPS) is 18.0. The Balaban J connectivity index is 1.94. The maximum absolute atomic E-state index is 11.5. The highest BCUT2D eigenvalue weighted by Gasteiger charge is 2.29. The molecule has 0 unspecified atom stereocenters. The van der Waals surface area contributed by atoms with E-state index >= 15 is 0 Å². The number of nitro groups is 1. The highest BCUT2D eigenvalue weighted by Crippen LogP contribution is 2.37. The highest BCUT2D eigenvalue weighted by molar-refractivity contribution is 6.31. The van der Waals surface area contributed by atoms with Gasteiger partial charge in [-0.15, -0.1) is 10.2 Å². The van der Waals surface area contributed by atoms with E-state index in [0.29, 0.717) is 23.7 Å². The third-order valence-corrected chi connectivity index (χ3v) is 4.95. The van der Waals surface area contributed by atoms with Crippen molar-refractivity contribution in [2.45, 2.75) is 32.1 Å². The summed E-state index contributed by atoms with van der Waals surface area (Å²) in [6.45, 7) is 3.39. The van der Waals surface area contributed by atoms with Crippen LogP contribution >= 0.6 is 11.6 Å². The first-order chi connectivity index (χ1) is 11.5. The van der Waals surface area contributed by atoms with Crippen LogP contribution in [0.1, 0.15) is 37.1 Å². The summed E-state index contributed by atoms with van der Waals surface area (Å²) in [5.41, 5.74) is 1.51. The molecule has 1 aromatic heterocycles. The molecule has 2 heterocycles. The standard InChI is InChI=1S/C16H20ClN5O2/c1-3-11-7-15(22(23)24)14(8-13(11)17)21-6-4-5-12(9-21)16-19-18-10-20(16)2/h7-8,10,12H,3-6,9H2,1-2H3/t12-/m1/s1. The maximum atomic E-state index is 11.5. The van der Waals surface area contributed by atoms with Crippen molar-refractivity contribution in [2.75, 3.05) is 18.0 Å². The molecule has 8 heteroatoms. The lowest BCUT2D eigenvalue weighted by Crippen LogP contribution is -2.35. The van der Waals surface area contributed by atoms with Crippen molar-refractivity contribution in [2.24, 2.45) is 7.05 Å². The van der Waals surface area contributed by atoms with Gasteiger partial charge in [-0.25, -0.2) is 0 Å². The van der Waals surface area contributed by atoms with Crippen LogP contribution in [-0.2, 0) is 13.5 Å². The second-order valence-electron chi connectivity index (χ2n) is 6.13. The quantitative estimate of drug-likeness (QED) is 0.625. The van der Waals surface area contributed by atoms with Crippen LogP contribution < -0.4 is 4.90 Å². The zero-order valence-corrected chi connectivity index (χ0v) is 14.5. The zero-order chi connectivity index (χ0) is 17.3. The minimum atomic E-state index is -0.323. The monoisotopic (exact) mass is 349 g/mol. The fraction of sp³-hybridized carbons (Fsp3) is 0.500. The van der Waals surface area contributed by atoms with Crippen molar-refractivity contribution in [1.29, 1.82) is 0 Å². The predicted molar refractivity (Wildman–Crippen MR) is 92.7 cm³/mol. The molecule has 3 rings (SSSR count). The molecule has 0 aliphatic carbocycles. The number of halogens is 1. The molecule has 0 bridgehead atoms. The summed E-state index contributed by atoms with van der Waals surface area (Å²) in [5.74, 6) is 1.12. The van der Waals surface area contributed by atoms with Crippen molar-refractivity contribution in [3.05, 3.63) is 45.0 Å². The summed E-state index contributed by atoms with van der Waals surface area (Å²) in [4.78, 5) is 13.2. The summed E-state index contributed by atoms with van der Waals surface area (Å²) >= 11 is 6.31. The molecular weight excluding hydrogens is 330 g/mol. The summed E-state index contributed by atoms with van der Waals surface area (Å²) in [5, 5.41) is 20.2. The Bertz CT molecular complexity index is 761. The van der Waals surface area contributed by atoms with Crippen LogP contribution in [0.5, 0.6) is 0 Å². The number of anilines is 1. The first kappa shape index (κ1) is 16.7. The molecule has 24 heavy (non-hydrogen) atoms. The topological polar surface area (TPSA) is 77.1 Å². The number of hydrogen-bond acceptors (Lipinski definition) is 5. The van der Waals surface area contributed by atoms with E-state index in [2.05, 4.69) is 10.2 Å². The first-order valence-corrected chi connectivity index (χ1v) is 8.44. The van der Waals surface area contributed by atoms with Gasteiger partial charge in [0.2, 0.25) is 0 Å². The Kier molecular flexibility index (Phi) is 4.71. The number of aromatic nitrogens is 3. The van der Waals surface area contributed by atoms with Crippen LogP contribution in [0.15, 0.2) is 18.5 Å². The van der Waals surface area contributed by atoms with Gasteiger partial charge in [0, 0.05) is 37.1 Å². The van der Waals surface area contributed by atoms with E-state index < -0.39 is 0 Å². The van der Waals surface area contributed by atoms with Crippen molar-refractivity contribution < 1.29 is 4.92 Å². The molecule has 1 saturated heterocycles. The van der Waals surface area contributed by atoms with Gasteiger partial charge >= 0.3 is 0 Å². The largest absolute Gasteiger partial charge is 0.365 e. The number of piperidine rings is 1. The SMILES string of the molecule is CCc1cc([N+](=O)[O-])c(N2CCC[C@@H](c3nncn3C)C2)cc1Cl. The Morgan fingerprint density at radius 1 is 1.46 bits per heavy atom. The number of hydrogen-bond donors (Lipinski definition) is 0. The van der Waals surface area contributed by atoms with Crippen molar-refractivity contribution in [3.8, 4) is 0 Å². The molecule has 2 aromatic rings. The number of benzene rings is 1. The molecular formula is C16H20ClN5O2. The van der Waals surface area contributed by atoms with Gasteiger partial charge in [0.05, 0.1) is 4.92 Å². The Hall–Kier alpha value is -2.15. The smallest absolute Gasteiger partial charge is 0.292 e. The van der Waals surface area contributed by atoms with Crippen LogP contribution in [0.25, 0.3) is 0 Å². The Morgan fingerprint density at radius 2 is 2.25 bits per heavy atom. The van der Waals surface area contributed by atoms with Gasteiger partial charge in [0.25, 0.3) is 5.69 Å². The Labute approximate surface area is 145 Å². The van der Waals surface area contributed by atoms with E-state index in [1.54, 1.807) is 18.5 Å². The van der Waals surface area contributed by atoms with Gasteiger partial charge in [0.1, 0.15) is 17.8 Å². The fourth-order valence-electron chi connectivity index (χ4n) is 3.33. The van der Waals surface area contributed by atoms with Gasteiger partial charge in [0.15, 0.2) is 0 Å². The molecule has 0 spiro atoms. The lowest BCUT2D eigenvalue weighted by Gasteiger charge is -2.33. The molecule has 1 aromatic carbocycles. The first-order valence-electron chi connectivity index (χ1n) is 8.07. The average molecular weight is 350 g/mol. The molecule has 0 radical (unpaired) electrons. The molecule has 1 aliphatic rings. The molecule has 1 atom stereocenters. The van der Waals surface area contributed by atoms with Gasteiger partial charge in [-0.1, -0.05) is 18.5 Å². The maximum Gasteiger partial charge on any atom is 0.292 e. The van der Waals surface area contributed by atoms with Crippen molar-refractivity contribution >= 4 is 23.0 Å². The fourth-order valence-corrected chi connectivity index (χ4v) is 3.63. The third kappa shape index (κ3) is 3.08. The molecule has 128 valence electrons. The van der Waals surface area contributed by atoms with Crippen LogP contribution in [0.2, 0.25) is 5.02 Å². The van der Waals surface area contributed by atoms with E-state index in [1.165, 1.54) is 0 Å². The lowest BCUT2D eigenvalue weighted by atomic mass is 9.96. The summed E-state index contributed by atoms with van der Waals surface area (Å²) in [6.07, 6.45) is 4.30. The van der Waals surface area contributed by atoms with Gasteiger partial charge in [-0.3, -0.25) is 10.1 Å². The van der Waals surface area contributed by atoms with Gasteiger partial charge < -0.3 is 9.47 Å². The van der Waals surface area contributed by atoms with Crippen LogP contribution in [0, 0.1) is 10.1 Å². The van der Waals surface area contributed by atoms with Crippen LogP contribution in [0.4, 0.5) is 11.4 Å². The van der Waals surface area contributed by atoms with Crippen LogP contribution in [0.3, 0.4) is 0 Å². The minimum Gasteiger partial charge on any atom is -0.365 e. The van der Waals surface area contributed by atoms with E-state index in [4.69, 9.17) is 11.6 Å². The second kappa shape index (κ2) is 6.76. The molecule has 7 nitrogen and oxygen atoms in total. The number of aryl methyl sites for hydroxylation is 2. The Morgan fingerprint density at radius 3 is 2.88 bits per heavy atom. The lowest BCUT2D eigenvalue weighted by molar-refractivity contribution is -0.384. The molecule has 1 fully saturated rings. The summed E-state index contributed by atoms with van der Waals surface area (Å²) in [6, 6.07) is 3.33. The molecule has 0 saturated carbocycles. The van der Waals surface area contributed by atoms with Crippen molar-refractivity contribution in [3.63, 3.8) is 0 Å². The van der Waals surface area contributed by atoms with Gasteiger partial charge in [-0.2, -0.15) is 0 Å². The molecule has 1 aliphatic heterocycles. The molecule has 0 N–H and O–H groups in total. The summed E-state index contributed by atoms with van der Waals surface area (Å²) < 4.78 is 1.91. The number of nitro benzene ring substituents is 1. The predicted octanol–water partition coefficient (Wildman–Crippen LogP) is 3.32.